The zero-order valence-corrected chi connectivity index (χ0v) is 11.9. The van der Waals surface area contributed by atoms with Crippen molar-refractivity contribution in [2.45, 2.75) is 32.7 Å². The molecule has 1 aromatic heterocycles. The average molecular weight is 273 g/mol. The molecule has 6 heteroatoms. The zero-order valence-electron chi connectivity index (χ0n) is 11.9. The Labute approximate surface area is 117 Å². The van der Waals surface area contributed by atoms with Gasteiger partial charge in [0.05, 0.1) is 11.4 Å². The number of aromatic nitrogens is 3. The van der Waals surface area contributed by atoms with Gasteiger partial charge in [-0.2, -0.15) is 0 Å². The molecule has 1 aromatic carbocycles. The predicted molar refractivity (Wildman–Crippen MR) is 76.5 cm³/mol. The van der Waals surface area contributed by atoms with Gasteiger partial charge in [-0.3, -0.25) is 4.79 Å². The van der Waals surface area contributed by atoms with Crippen molar-refractivity contribution < 1.29 is 4.79 Å². The van der Waals surface area contributed by atoms with E-state index in [4.69, 9.17) is 11.5 Å². The Bertz CT molecular complexity index is 622. The maximum absolute atomic E-state index is 11.1. The Kier molecular flexibility index (Phi) is 3.59. The second-order valence-corrected chi connectivity index (χ2v) is 5.66. The van der Waals surface area contributed by atoms with Crippen molar-refractivity contribution >= 4 is 5.91 Å². The van der Waals surface area contributed by atoms with Crippen molar-refractivity contribution in [2.75, 3.05) is 0 Å². The maximum Gasteiger partial charge on any atom is 0.248 e. The molecule has 0 unspecified atom stereocenters. The second-order valence-electron chi connectivity index (χ2n) is 5.66. The van der Waals surface area contributed by atoms with Gasteiger partial charge in [0.25, 0.3) is 0 Å². The van der Waals surface area contributed by atoms with E-state index in [1.54, 1.807) is 28.9 Å². The first-order valence-corrected chi connectivity index (χ1v) is 6.40. The van der Waals surface area contributed by atoms with Gasteiger partial charge in [-0.05, 0) is 24.3 Å². The molecule has 0 fully saturated rings. The number of hydrogen-bond acceptors (Lipinski definition) is 4. The number of hydrogen-bond donors (Lipinski definition) is 2. The highest BCUT2D eigenvalue weighted by atomic mass is 16.1. The van der Waals surface area contributed by atoms with Crippen LogP contribution in [0.4, 0.5) is 0 Å². The predicted octanol–water partition coefficient (Wildman–Crippen LogP) is 1.12. The number of nitrogens with zero attached hydrogens (tertiary/aromatic N) is 3. The van der Waals surface area contributed by atoms with E-state index in [1.807, 2.05) is 0 Å². The Morgan fingerprint density at radius 1 is 1.25 bits per heavy atom. The molecule has 0 saturated carbocycles. The van der Waals surface area contributed by atoms with Gasteiger partial charge in [0.2, 0.25) is 5.91 Å². The lowest BCUT2D eigenvalue weighted by Gasteiger charge is -2.21. The molecule has 0 saturated heterocycles. The van der Waals surface area contributed by atoms with Crippen LogP contribution in [0.1, 0.15) is 42.5 Å². The molecule has 0 aliphatic carbocycles. The summed E-state index contributed by atoms with van der Waals surface area (Å²) in [4.78, 5) is 11.1. The van der Waals surface area contributed by atoms with E-state index in [1.165, 1.54) is 0 Å². The topological polar surface area (TPSA) is 99.8 Å². The molecular formula is C14H19N5O. The number of rotatable bonds is 3. The Morgan fingerprint density at radius 3 is 2.30 bits per heavy atom. The third-order valence-electron chi connectivity index (χ3n) is 3.04. The van der Waals surface area contributed by atoms with Crippen LogP contribution in [0.5, 0.6) is 0 Å². The second kappa shape index (κ2) is 5.05. The number of nitrogens with two attached hydrogens (primary N) is 2. The molecule has 4 N–H and O–H groups in total. The van der Waals surface area contributed by atoms with Crippen LogP contribution in [-0.4, -0.2) is 20.9 Å². The molecule has 0 radical (unpaired) electrons. The van der Waals surface area contributed by atoms with Crippen LogP contribution in [0.25, 0.3) is 5.69 Å². The number of benzene rings is 1. The summed E-state index contributed by atoms with van der Waals surface area (Å²) in [6, 6.07) is 6.94. The zero-order chi connectivity index (χ0) is 14.9. The van der Waals surface area contributed by atoms with Gasteiger partial charge in [0, 0.05) is 17.5 Å². The molecule has 1 amide bonds. The quantitative estimate of drug-likeness (QED) is 0.875. The molecule has 0 spiro atoms. The fourth-order valence-electron chi connectivity index (χ4n) is 2.15. The van der Waals surface area contributed by atoms with E-state index in [2.05, 4.69) is 31.1 Å². The Morgan fingerprint density at radius 2 is 1.85 bits per heavy atom. The molecule has 0 atom stereocenters. The third-order valence-corrected chi connectivity index (χ3v) is 3.04. The first kappa shape index (κ1) is 14.2. The van der Waals surface area contributed by atoms with E-state index in [9.17, 15) is 4.79 Å². The highest BCUT2D eigenvalue weighted by Gasteiger charge is 2.25. The van der Waals surface area contributed by atoms with Crippen LogP contribution in [-0.2, 0) is 12.0 Å². The third kappa shape index (κ3) is 2.55. The normalized spacial score (nSPS) is 11.6. The first-order chi connectivity index (χ1) is 9.34. The van der Waals surface area contributed by atoms with Crippen LogP contribution in [0.2, 0.25) is 0 Å². The highest BCUT2D eigenvalue weighted by molar-refractivity contribution is 5.92. The minimum Gasteiger partial charge on any atom is -0.366 e. The molecule has 2 rings (SSSR count). The lowest BCUT2D eigenvalue weighted by atomic mass is 9.90. The summed E-state index contributed by atoms with van der Waals surface area (Å²) in [6.07, 6.45) is 0. The molecule has 1 heterocycles. The molecule has 2 aromatic rings. The number of carbonyl (C=O) groups is 1. The smallest absolute Gasteiger partial charge is 0.248 e. The molecule has 6 nitrogen and oxygen atoms in total. The fourth-order valence-corrected chi connectivity index (χ4v) is 2.15. The minimum absolute atomic E-state index is 0.138. The highest BCUT2D eigenvalue weighted by Crippen LogP contribution is 2.26. The summed E-state index contributed by atoms with van der Waals surface area (Å²) >= 11 is 0. The number of amides is 1. The molecular weight excluding hydrogens is 254 g/mol. The lowest BCUT2D eigenvalue weighted by molar-refractivity contribution is 0.100. The number of primary amides is 1. The van der Waals surface area contributed by atoms with Crippen LogP contribution in [0, 0.1) is 0 Å². The van der Waals surface area contributed by atoms with E-state index >= 15 is 0 Å². The van der Waals surface area contributed by atoms with Crippen molar-refractivity contribution in [1.82, 2.24) is 15.0 Å². The van der Waals surface area contributed by atoms with Crippen molar-refractivity contribution in [1.29, 1.82) is 0 Å². The van der Waals surface area contributed by atoms with Gasteiger partial charge in [-0.15, -0.1) is 5.10 Å². The van der Waals surface area contributed by atoms with Gasteiger partial charge in [0.1, 0.15) is 5.69 Å². The van der Waals surface area contributed by atoms with E-state index in [-0.39, 0.29) is 5.41 Å². The van der Waals surface area contributed by atoms with E-state index in [0.717, 1.165) is 17.1 Å². The molecule has 20 heavy (non-hydrogen) atoms. The van der Waals surface area contributed by atoms with Crippen molar-refractivity contribution in [2.24, 2.45) is 11.5 Å². The van der Waals surface area contributed by atoms with Gasteiger partial charge < -0.3 is 11.5 Å². The Hall–Kier alpha value is -2.21. The molecule has 0 aliphatic heterocycles. The minimum atomic E-state index is -0.450. The molecule has 0 bridgehead atoms. The average Bonchev–Trinajstić information content (AvgIpc) is 2.82. The van der Waals surface area contributed by atoms with Crippen LogP contribution < -0.4 is 11.5 Å². The lowest BCUT2D eigenvalue weighted by Crippen LogP contribution is -2.20. The molecule has 0 aliphatic rings. The van der Waals surface area contributed by atoms with Gasteiger partial charge in [-0.1, -0.05) is 26.0 Å². The van der Waals surface area contributed by atoms with E-state index in [0.29, 0.717) is 12.1 Å². The van der Waals surface area contributed by atoms with E-state index < -0.39 is 5.91 Å². The summed E-state index contributed by atoms with van der Waals surface area (Å²) < 4.78 is 1.76. The van der Waals surface area contributed by atoms with Crippen molar-refractivity contribution in [3.05, 3.63) is 41.2 Å². The van der Waals surface area contributed by atoms with Crippen LogP contribution in [0.3, 0.4) is 0 Å². The van der Waals surface area contributed by atoms with Gasteiger partial charge in [-0.25, -0.2) is 4.68 Å². The number of carbonyl (C=O) groups excluding carboxylic acids is 1. The van der Waals surface area contributed by atoms with Crippen LogP contribution in [0.15, 0.2) is 24.3 Å². The maximum atomic E-state index is 11.1. The summed E-state index contributed by atoms with van der Waals surface area (Å²) in [6.45, 7) is 6.59. The first-order valence-electron chi connectivity index (χ1n) is 6.40. The summed E-state index contributed by atoms with van der Waals surface area (Å²) in [5.41, 5.74) is 13.9. The van der Waals surface area contributed by atoms with Crippen LogP contribution >= 0.6 is 0 Å². The van der Waals surface area contributed by atoms with Gasteiger partial charge >= 0.3 is 0 Å². The van der Waals surface area contributed by atoms with Gasteiger partial charge in [0.15, 0.2) is 0 Å². The monoisotopic (exact) mass is 273 g/mol. The standard InChI is InChI=1S/C14H19N5O/c1-14(2,3)12-11(8-15)17-18-19(12)10-6-4-9(5-7-10)13(16)20/h4-7H,8,15H2,1-3H3,(H2,16,20). The summed E-state index contributed by atoms with van der Waals surface area (Å²) in [5, 5.41) is 8.30. The van der Waals surface area contributed by atoms with Crippen molar-refractivity contribution in [3.63, 3.8) is 0 Å². The fraction of sp³-hybridized carbons (Fsp3) is 0.357. The molecule has 106 valence electrons. The SMILES string of the molecule is CC(C)(C)c1c(CN)nnn1-c1ccc(C(N)=O)cc1. The largest absolute Gasteiger partial charge is 0.366 e. The van der Waals surface area contributed by atoms with Crippen molar-refractivity contribution in [3.8, 4) is 5.69 Å². The summed E-state index contributed by atoms with van der Waals surface area (Å²) in [5.74, 6) is -0.450. The summed E-state index contributed by atoms with van der Waals surface area (Å²) in [7, 11) is 0. The Balaban J connectivity index is 2.53.